The molecule has 1 aliphatic carbocycles. The quantitative estimate of drug-likeness (QED) is 0.846. The van der Waals surface area contributed by atoms with Gasteiger partial charge in [0.1, 0.15) is 4.88 Å². The number of ether oxygens (including phenoxy) is 1. The number of hydrogen-bond donors (Lipinski definition) is 1. The van der Waals surface area contributed by atoms with E-state index in [-0.39, 0.29) is 5.91 Å². The summed E-state index contributed by atoms with van der Waals surface area (Å²) >= 11 is 1.50. The summed E-state index contributed by atoms with van der Waals surface area (Å²) in [6.07, 6.45) is 3.63. The van der Waals surface area contributed by atoms with E-state index < -0.39 is 12.1 Å². The average molecular weight is 343 g/mol. The molecule has 126 valence electrons. The van der Waals surface area contributed by atoms with Crippen molar-refractivity contribution in [2.45, 2.75) is 45.3 Å². The second kappa shape index (κ2) is 7.62. The lowest BCUT2D eigenvalue weighted by atomic mass is 9.99. The van der Waals surface area contributed by atoms with Gasteiger partial charge in [-0.25, -0.2) is 4.79 Å². The Bertz CT molecular complexity index is 700. The highest BCUT2D eigenvalue weighted by Gasteiger charge is 2.22. The molecule has 0 aliphatic heterocycles. The number of amides is 1. The number of carbonyl (C=O) groups excluding carboxylic acids is 2. The van der Waals surface area contributed by atoms with Crippen LogP contribution in [0, 0.1) is 0 Å². The van der Waals surface area contributed by atoms with Gasteiger partial charge in [0.2, 0.25) is 0 Å². The molecule has 0 fully saturated rings. The summed E-state index contributed by atoms with van der Waals surface area (Å²) in [6, 6.07) is 11.6. The lowest BCUT2D eigenvalue weighted by Crippen LogP contribution is -2.35. The van der Waals surface area contributed by atoms with Gasteiger partial charge in [0, 0.05) is 11.4 Å². The first-order valence-electron chi connectivity index (χ1n) is 8.27. The Morgan fingerprint density at radius 1 is 1.21 bits per heavy atom. The van der Waals surface area contributed by atoms with E-state index in [0.717, 1.165) is 18.4 Å². The molecule has 0 saturated carbocycles. The van der Waals surface area contributed by atoms with Crippen molar-refractivity contribution in [2.24, 2.45) is 0 Å². The molecule has 5 heteroatoms. The van der Waals surface area contributed by atoms with Gasteiger partial charge in [-0.2, -0.15) is 0 Å². The molecule has 1 aromatic heterocycles. The smallest absolute Gasteiger partial charge is 0.349 e. The third kappa shape index (κ3) is 4.03. The van der Waals surface area contributed by atoms with Gasteiger partial charge in [0.05, 0.1) is 0 Å². The maximum atomic E-state index is 12.3. The minimum Gasteiger partial charge on any atom is -0.448 e. The third-order valence-electron chi connectivity index (χ3n) is 4.16. The second-order valence-electron chi connectivity index (χ2n) is 6.02. The van der Waals surface area contributed by atoms with Crippen LogP contribution in [0.15, 0.2) is 36.4 Å². The van der Waals surface area contributed by atoms with E-state index >= 15 is 0 Å². The summed E-state index contributed by atoms with van der Waals surface area (Å²) in [4.78, 5) is 26.2. The average Bonchev–Trinajstić information content (AvgIpc) is 3.04. The normalized spacial score (nSPS) is 14.5. The number of fused-ring (bicyclic) bond motifs is 1. The molecule has 1 aliphatic rings. The monoisotopic (exact) mass is 343 g/mol. The predicted molar refractivity (Wildman–Crippen MR) is 94.1 cm³/mol. The highest BCUT2D eigenvalue weighted by molar-refractivity contribution is 7.14. The summed E-state index contributed by atoms with van der Waals surface area (Å²) in [5.74, 6) is -0.690. The molecular formula is C19H21NO3S. The van der Waals surface area contributed by atoms with Crippen LogP contribution in [0.5, 0.6) is 0 Å². The molecule has 0 spiro atoms. The van der Waals surface area contributed by atoms with Crippen LogP contribution < -0.4 is 5.32 Å². The third-order valence-corrected chi connectivity index (χ3v) is 5.38. The molecule has 4 nitrogen and oxygen atoms in total. The maximum Gasteiger partial charge on any atom is 0.349 e. The van der Waals surface area contributed by atoms with Crippen molar-refractivity contribution < 1.29 is 14.3 Å². The summed E-state index contributed by atoms with van der Waals surface area (Å²) in [5.41, 5.74) is 2.27. The number of esters is 1. The van der Waals surface area contributed by atoms with Crippen LogP contribution in [0.25, 0.3) is 0 Å². The first-order chi connectivity index (χ1) is 11.6. The number of thiophene rings is 1. The minimum atomic E-state index is -0.805. The van der Waals surface area contributed by atoms with E-state index in [9.17, 15) is 9.59 Å². The van der Waals surface area contributed by atoms with Gasteiger partial charge in [-0.3, -0.25) is 4.79 Å². The molecule has 1 atom stereocenters. The van der Waals surface area contributed by atoms with Gasteiger partial charge < -0.3 is 10.1 Å². The fourth-order valence-electron chi connectivity index (χ4n) is 2.79. The van der Waals surface area contributed by atoms with E-state index in [1.807, 2.05) is 36.4 Å². The number of nitrogens with one attached hydrogen (secondary N) is 1. The summed E-state index contributed by atoms with van der Waals surface area (Å²) in [5, 5.41) is 2.79. The Hall–Kier alpha value is -2.14. The summed E-state index contributed by atoms with van der Waals surface area (Å²) < 4.78 is 5.32. The predicted octanol–water partition coefficient (Wildman–Crippen LogP) is 3.49. The van der Waals surface area contributed by atoms with Crippen molar-refractivity contribution >= 4 is 23.2 Å². The van der Waals surface area contributed by atoms with Crippen molar-refractivity contribution in [2.75, 3.05) is 0 Å². The van der Waals surface area contributed by atoms with E-state index in [0.29, 0.717) is 11.4 Å². The molecule has 1 aromatic carbocycles. The Kier molecular flexibility index (Phi) is 5.30. The van der Waals surface area contributed by atoms with E-state index in [1.165, 1.54) is 34.6 Å². The Labute approximate surface area is 145 Å². The topological polar surface area (TPSA) is 55.4 Å². The van der Waals surface area contributed by atoms with Crippen molar-refractivity contribution in [1.82, 2.24) is 5.32 Å². The standard InChI is InChI=1S/C19H21NO3S/c1-13(18(21)20-12-14-7-3-2-4-8-14)23-19(22)17-11-15-9-5-6-10-16(15)24-17/h2-4,7-8,11,13H,5-6,9-10,12H2,1H3,(H,20,21)/t13-/m0/s1. The van der Waals surface area contributed by atoms with E-state index in [4.69, 9.17) is 4.74 Å². The summed E-state index contributed by atoms with van der Waals surface area (Å²) in [6.45, 7) is 2.03. The first-order valence-corrected chi connectivity index (χ1v) is 9.09. The zero-order valence-corrected chi connectivity index (χ0v) is 14.5. The van der Waals surface area contributed by atoms with Crippen molar-refractivity contribution in [1.29, 1.82) is 0 Å². The zero-order chi connectivity index (χ0) is 16.9. The van der Waals surface area contributed by atoms with Gasteiger partial charge in [-0.05, 0) is 49.8 Å². The van der Waals surface area contributed by atoms with Gasteiger partial charge >= 0.3 is 5.97 Å². The fraction of sp³-hybridized carbons (Fsp3) is 0.368. The zero-order valence-electron chi connectivity index (χ0n) is 13.7. The highest BCUT2D eigenvalue weighted by atomic mass is 32.1. The van der Waals surface area contributed by atoms with Crippen molar-refractivity contribution in [3.63, 3.8) is 0 Å². The number of carbonyl (C=O) groups is 2. The van der Waals surface area contributed by atoms with Crippen LogP contribution in [-0.4, -0.2) is 18.0 Å². The maximum absolute atomic E-state index is 12.3. The molecule has 3 rings (SSSR count). The minimum absolute atomic E-state index is 0.284. The molecule has 0 bridgehead atoms. The number of hydrogen-bond acceptors (Lipinski definition) is 4. The molecule has 2 aromatic rings. The van der Waals surface area contributed by atoms with Gasteiger partial charge in [-0.15, -0.1) is 11.3 Å². The molecule has 1 N–H and O–H groups in total. The van der Waals surface area contributed by atoms with Crippen molar-refractivity contribution in [3.05, 3.63) is 57.3 Å². The second-order valence-corrected chi connectivity index (χ2v) is 7.15. The molecule has 24 heavy (non-hydrogen) atoms. The molecule has 0 radical (unpaired) electrons. The number of benzene rings is 1. The fourth-order valence-corrected chi connectivity index (χ4v) is 3.93. The number of rotatable bonds is 5. The SMILES string of the molecule is C[C@H](OC(=O)c1cc2c(s1)CCCC2)C(=O)NCc1ccccc1. The van der Waals surface area contributed by atoms with Gasteiger partial charge in [0.15, 0.2) is 6.10 Å². The highest BCUT2D eigenvalue weighted by Crippen LogP contribution is 2.30. The molecule has 1 heterocycles. The molecule has 0 saturated heterocycles. The Balaban J connectivity index is 1.53. The van der Waals surface area contributed by atoms with Gasteiger partial charge in [0.25, 0.3) is 5.91 Å². The molecule has 1 amide bonds. The van der Waals surface area contributed by atoms with Crippen LogP contribution in [-0.2, 0) is 28.9 Å². The first kappa shape index (κ1) is 16.7. The van der Waals surface area contributed by atoms with E-state index in [1.54, 1.807) is 6.92 Å². The van der Waals surface area contributed by atoms with Crippen LogP contribution in [0.4, 0.5) is 0 Å². The molecule has 0 unspecified atom stereocenters. The molecular weight excluding hydrogens is 322 g/mol. The van der Waals surface area contributed by atoms with Crippen LogP contribution >= 0.6 is 11.3 Å². The number of aryl methyl sites for hydroxylation is 2. The van der Waals surface area contributed by atoms with Crippen molar-refractivity contribution in [3.8, 4) is 0 Å². The lowest BCUT2D eigenvalue weighted by molar-refractivity contribution is -0.129. The van der Waals surface area contributed by atoms with Crippen LogP contribution in [0.2, 0.25) is 0 Å². The van der Waals surface area contributed by atoms with Gasteiger partial charge in [-0.1, -0.05) is 30.3 Å². The Morgan fingerprint density at radius 3 is 2.71 bits per heavy atom. The van der Waals surface area contributed by atoms with Crippen LogP contribution in [0.3, 0.4) is 0 Å². The largest absolute Gasteiger partial charge is 0.448 e. The summed E-state index contributed by atoms with van der Waals surface area (Å²) in [7, 11) is 0. The van der Waals surface area contributed by atoms with E-state index in [2.05, 4.69) is 5.32 Å². The lowest BCUT2D eigenvalue weighted by Gasteiger charge is -2.13. The van der Waals surface area contributed by atoms with Crippen LogP contribution in [0.1, 0.15) is 45.4 Å². The Morgan fingerprint density at radius 2 is 1.96 bits per heavy atom.